The van der Waals surface area contributed by atoms with Crippen molar-refractivity contribution in [3.8, 4) is 0 Å². The van der Waals surface area contributed by atoms with Crippen molar-refractivity contribution < 1.29 is 17.9 Å². The highest BCUT2D eigenvalue weighted by molar-refractivity contribution is 8.02. The summed E-state index contributed by atoms with van der Waals surface area (Å²) in [5.41, 5.74) is 0.271. The van der Waals surface area contributed by atoms with Gasteiger partial charge in [-0.15, -0.1) is 11.8 Å². The van der Waals surface area contributed by atoms with E-state index in [1.807, 2.05) is 0 Å². The van der Waals surface area contributed by atoms with Crippen LogP contribution in [0.5, 0.6) is 0 Å². The minimum absolute atomic E-state index is 0.120. The van der Waals surface area contributed by atoms with Gasteiger partial charge in [-0.05, 0) is 18.2 Å². The smallest absolute Gasteiger partial charge is 0.337 e. The molecule has 0 saturated heterocycles. The van der Waals surface area contributed by atoms with Crippen LogP contribution in [-0.4, -0.2) is 33.0 Å². The molecule has 0 amide bonds. The molecule has 0 fully saturated rings. The van der Waals surface area contributed by atoms with E-state index >= 15 is 0 Å². The standard InChI is InChI=1S/C10H10O4S2/c1-14-10(11)7-2-3-8-9(6-7)16(12,13)5-4-15-8/h2-3,6H,4-5H2,1H3. The highest BCUT2D eigenvalue weighted by Gasteiger charge is 2.25. The number of methoxy groups -OCH3 is 1. The zero-order chi connectivity index (χ0) is 11.8. The van der Waals surface area contributed by atoms with Crippen LogP contribution in [0, 0.1) is 0 Å². The van der Waals surface area contributed by atoms with Gasteiger partial charge in [-0.25, -0.2) is 13.2 Å². The van der Waals surface area contributed by atoms with Gasteiger partial charge in [0.25, 0.3) is 0 Å². The number of ether oxygens (including phenoxy) is 1. The summed E-state index contributed by atoms with van der Waals surface area (Å²) in [6, 6.07) is 4.63. The third-order valence-corrected chi connectivity index (χ3v) is 5.52. The first-order valence-corrected chi connectivity index (χ1v) is 7.26. The molecule has 86 valence electrons. The largest absolute Gasteiger partial charge is 0.465 e. The number of fused-ring (bicyclic) bond motifs is 1. The first-order valence-electron chi connectivity index (χ1n) is 4.62. The van der Waals surface area contributed by atoms with Crippen molar-refractivity contribution in [2.45, 2.75) is 9.79 Å². The fourth-order valence-corrected chi connectivity index (χ4v) is 4.74. The van der Waals surface area contributed by atoms with Crippen LogP contribution in [0.2, 0.25) is 0 Å². The predicted molar refractivity (Wildman–Crippen MR) is 60.6 cm³/mol. The average Bonchev–Trinajstić information content (AvgIpc) is 2.27. The SMILES string of the molecule is COC(=O)c1ccc2c(c1)S(=O)(=O)CCS2. The van der Waals surface area contributed by atoms with Gasteiger partial charge in [0.1, 0.15) is 0 Å². The Bertz CT molecular complexity index is 534. The fraction of sp³-hybridized carbons (Fsp3) is 0.300. The summed E-state index contributed by atoms with van der Waals surface area (Å²) < 4.78 is 28.1. The van der Waals surface area contributed by atoms with E-state index in [0.29, 0.717) is 10.6 Å². The maximum Gasteiger partial charge on any atom is 0.337 e. The fourth-order valence-electron chi connectivity index (χ4n) is 1.49. The lowest BCUT2D eigenvalue weighted by molar-refractivity contribution is 0.0600. The molecule has 2 rings (SSSR count). The summed E-state index contributed by atoms with van der Waals surface area (Å²) in [5, 5.41) is 0. The van der Waals surface area contributed by atoms with Gasteiger partial charge in [0.15, 0.2) is 9.84 Å². The second-order valence-electron chi connectivity index (χ2n) is 3.32. The molecular formula is C10H10O4S2. The number of thioether (sulfide) groups is 1. The Hall–Kier alpha value is -1.01. The number of benzene rings is 1. The van der Waals surface area contributed by atoms with Gasteiger partial charge >= 0.3 is 5.97 Å². The van der Waals surface area contributed by atoms with Crippen molar-refractivity contribution >= 4 is 27.6 Å². The minimum atomic E-state index is -3.23. The van der Waals surface area contributed by atoms with Gasteiger partial charge in [-0.1, -0.05) is 0 Å². The molecule has 0 saturated carbocycles. The molecule has 4 nitrogen and oxygen atoms in total. The van der Waals surface area contributed by atoms with E-state index in [0.717, 1.165) is 0 Å². The van der Waals surface area contributed by atoms with E-state index in [2.05, 4.69) is 4.74 Å². The van der Waals surface area contributed by atoms with Crippen molar-refractivity contribution in [3.63, 3.8) is 0 Å². The van der Waals surface area contributed by atoms with Crippen LogP contribution in [0.4, 0.5) is 0 Å². The number of esters is 1. The third-order valence-electron chi connectivity index (χ3n) is 2.31. The molecule has 0 N–H and O–H groups in total. The number of hydrogen-bond acceptors (Lipinski definition) is 5. The second-order valence-corrected chi connectivity index (χ2v) is 6.53. The maximum absolute atomic E-state index is 11.8. The first kappa shape index (κ1) is 11.5. The summed E-state index contributed by atoms with van der Waals surface area (Å²) in [6.45, 7) is 0. The summed E-state index contributed by atoms with van der Waals surface area (Å²) in [5.74, 6) is 0.163. The van der Waals surface area contributed by atoms with E-state index in [1.54, 1.807) is 12.1 Å². The molecule has 0 radical (unpaired) electrons. The zero-order valence-corrected chi connectivity index (χ0v) is 10.2. The van der Waals surface area contributed by atoms with Crippen molar-refractivity contribution in [2.75, 3.05) is 18.6 Å². The Kier molecular flexibility index (Phi) is 2.94. The number of hydrogen-bond donors (Lipinski definition) is 0. The van der Waals surface area contributed by atoms with Crippen molar-refractivity contribution in [3.05, 3.63) is 23.8 Å². The highest BCUT2D eigenvalue weighted by Crippen LogP contribution is 2.33. The number of rotatable bonds is 1. The van der Waals surface area contributed by atoms with E-state index in [4.69, 9.17) is 0 Å². The van der Waals surface area contributed by atoms with Crippen LogP contribution < -0.4 is 0 Å². The number of carbonyl (C=O) groups excluding carboxylic acids is 1. The quantitative estimate of drug-likeness (QED) is 0.712. The normalized spacial score (nSPS) is 17.6. The molecule has 1 aliphatic rings. The Balaban J connectivity index is 2.56. The molecule has 1 aliphatic heterocycles. The van der Waals surface area contributed by atoms with Crippen LogP contribution in [0.3, 0.4) is 0 Å². The van der Waals surface area contributed by atoms with Crippen molar-refractivity contribution in [2.24, 2.45) is 0 Å². The van der Waals surface area contributed by atoms with Gasteiger partial charge in [0.2, 0.25) is 0 Å². The molecule has 1 aromatic rings. The summed E-state index contributed by atoms with van der Waals surface area (Å²) >= 11 is 1.49. The van der Waals surface area contributed by atoms with Gasteiger partial charge in [-0.3, -0.25) is 0 Å². The molecule has 6 heteroatoms. The number of carbonyl (C=O) groups is 1. The number of sulfone groups is 1. The van der Waals surface area contributed by atoms with Gasteiger partial charge in [0.05, 0.1) is 23.3 Å². The molecule has 1 heterocycles. The monoisotopic (exact) mass is 258 g/mol. The molecular weight excluding hydrogens is 248 g/mol. The Labute approximate surface area is 97.9 Å². The van der Waals surface area contributed by atoms with Crippen LogP contribution >= 0.6 is 11.8 Å². The molecule has 16 heavy (non-hydrogen) atoms. The second kappa shape index (κ2) is 4.10. The Morgan fingerprint density at radius 1 is 1.44 bits per heavy atom. The van der Waals surface area contributed by atoms with E-state index in [9.17, 15) is 13.2 Å². The van der Waals surface area contributed by atoms with Crippen LogP contribution in [0.1, 0.15) is 10.4 Å². The van der Waals surface area contributed by atoms with Crippen LogP contribution in [0.15, 0.2) is 28.0 Å². The lowest BCUT2D eigenvalue weighted by atomic mass is 10.2. The van der Waals surface area contributed by atoms with Crippen molar-refractivity contribution in [1.29, 1.82) is 0 Å². The molecule has 0 aliphatic carbocycles. The molecule has 0 bridgehead atoms. The third kappa shape index (κ3) is 1.94. The van der Waals surface area contributed by atoms with E-state index in [1.165, 1.54) is 24.9 Å². The Morgan fingerprint density at radius 2 is 2.19 bits per heavy atom. The lowest BCUT2D eigenvalue weighted by Crippen LogP contribution is -2.15. The Morgan fingerprint density at radius 3 is 2.88 bits per heavy atom. The zero-order valence-electron chi connectivity index (χ0n) is 8.60. The van der Waals surface area contributed by atoms with Gasteiger partial charge in [-0.2, -0.15) is 0 Å². The van der Waals surface area contributed by atoms with Crippen LogP contribution in [-0.2, 0) is 14.6 Å². The molecule has 0 unspecified atom stereocenters. The highest BCUT2D eigenvalue weighted by atomic mass is 32.2. The molecule has 0 aromatic heterocycles. The van der Waals surface area contributed by atoms with Gasteiger partial charge < -0.3 is 4.74 Å². The average molecular weight is 258 g/mol. The van der Waals surface area contributed by atoms with Crippen molar-refractivity contribution in [1.82, 2.24) is 0 Å². The molecule has 0 atom stereocenters. The van der Waals surface area contributed by atoms with E-state index < -0.39 is 15.8 Å². The first-order chi connectivity index (χ1) is 7.54. The summed E-state index contributed by atoms with van der Waals surface area (Å²) in [4.78, 5) is 12.2. The topological polar surface area (TPSA) is 60.4 Å². The van der Waals surface area contributed by atoms with E-state index in [-0.39, 0.29) is 16.2 Å². The maximum atomic E-state index is 11.8. The summed E-state index contributed by atoms with van der Waals surface area (Å²) in [7, 11) is -1.97. The minimum Gasteiger partial charge on any atom is -0.465 e. The molecule has 0 spiro atoms. The molecule has 1 aromatic carbocycles. The lowest BCUT2D eigenvalue weighted by Gasteiger charge is -2.15. The summed E-state index contributed by atoms with van der Waals surface area (Å²) in [6.07, 6.45) is 0. The van der Waals surface area contributed by atoms with Gasteiger partial charge in [0, 0.05) is 10.6 Å². The van der Waals surface area contributed by atoms with Crippen LogP contribution in [0.25, 0.3) is 0 Å². The predicted octanol–water partition coefficient (Wildman–Crippen LogP) is 1.35.